The number of nitrogens with one attached hydrogen (secondary N) is 2. The van der Waals surface area contributed by atoms with Crippen LogP contribution in [0.3, 0.4) is 0 Å². The van der Waals surface area contributed by atoms with E-state index in [0.29, 0.717) is 43.1 Å². The third-order valence-electron chi connectivity index (χ3n) is 8.55. The Bertz CT molecular complexity index is 1210. The van der Waals surface area contributed by atoms with Crippen molar-refractivity contribution in [3.8, 4) is 0 Å². The molecule has 4 aliphatic rings. The van der Waals surface area contributed by atoms with Gasteiger partial charge in [0.1, 0.15) is 11.4 Å². The number of aryl methyl sites for hydroxylation is 1. The maximum Gasteiger partial charge on any atom is 0.414 e. The number of piperidine rings is 1. The number of nitrogens with zero attached hydrogens (tertiary/aromatic N) is 6. The van der Waals surface area contributed by atoms with Crippen molar-refractivity contribution < 1.29 is 9.53 Å². The minimum absolute atomic E-state index is 0.298. The number of aromatic nitrogens is 4. The molecule has 204 valence electrons. The number of cyclic esters (lactones) is 1. The topological polar surface area (TPSA) is 100 Å². The molecule has 0 aromatic carbocycles. The Balaban J connectivity index is 1.09. The Labute approximate surface area is 224 Å². The maximum atomic E-state index is 12.2. The number of anilines is 3. The van der Waals surface area contributed by atoms with Crippen molar-refractivity contribution in [2.75, 3.05) is 30.8 Å². The lowest BCUT2D eigenvalue weighted by Crippen LogP contribution is -2.40. The Morgan fingerprint density at radius 2 is 1.89 bits per heavy atom. The molecule has 2 atom stereocenters. The summed E-state index contributed by atoms with van der Waals surface area (Å²) >= 11 is 0. The number of hydrogen-bond acceptors (Lipinski definition) is 8. The van der Waals surface area contributed by atoms with E-state index in [0.717, 1.165) is 36.5 Å². The van der Waals surface area contributed by atoms with Crippen molar-refractivity contribution in [2.45, 2.75) is 95.4 Å². The normalized spacial score (nSPS) is 26.5. The van der Waals surface area contributed by atoms with Crippen molar-refractivity contribution in [2.24, 2.45) is 0 Å². The van der Waals surface area contributed by atoms with E-state index in [1.165, 1.54) is 31.2 Å². The fourth-order valence-corrected chi connectivity index (χ4v) is 6.07. The molecule has 6 rings (SSSR count). The summed E-state index contributed by atoms with van der Waals surface area (Å²) in [7, 11) is 2.27. The molecule has 10 heteroatoms. The lowest BCUT2D eigenvalue weighted by Gasteiger charge is -2.36. The Morgan fingerprint density at radius 3 is 2.61 bits per heavy atom. The van der Waals surface area contributed by atoms with E-state index in [4.69, 9.17) is 14.8 Å². The van der Waals surface area contributed by atoms with E-state index in [2.05, 4.69) is 38.4 Å². The second-order valence-corrected chi connectivity index (χ2v) is 11.9. The third kappa shape index (κ3) is 5.23. The average molecular weight is 521 g/mol. The van der Waals surface area contributed by atoms with E-state index in [1.807, 2.05) is 39.2 Å². The molecule has 2 saturated heterocycles. The quantitative estimate of drug-likeness (QED) is 0.448. The summed E-state index contributed by atoms with van der Waals surface area (Å²) in [6.45, 7) is 7.09. The molecular formula is C28H40N8O2. The van der Waals surface area contributed by atoms with Crippen molar-refractivity contribution >= 4 is 23.5 Å². The van der Waals surface area contributed by atoms with E-state index in [1.54, 1.807) is 4.90 Å². The zero-order chi connectivity index (χ0) is 26.4. The Kier molecular flexibility index (Phi) is 6.53. The van der Waals surface area contributed by atoms with Crippen molar-refractivity contribution in [1.29, 1.82) is 0 Å². The Morgan fingerprint density at radius 1 is 1.13 bits per heavy atom. The third-order valence-corrected chi connectivity index (χ3v) is 8.55. The summed E-state index contributed by atoms with van der Waals surface area (Å²) < 4.78 is 7.60. The average Bonchev–Trinajstić information content (AvgIpc) is 3.62. The summed E-state index contributed by atoms with van der Waals surface area (Å²) in [6, 6.07) is 1.80. The lowest BCUT2D eigenvalue weighted by molar-refractivity contribution is 0.0390. The molecule has 5 heterocycles. The largest absolute Gasteiger partial charge is 0.439 e. The van der Waals surface area contributed by atoms with Gasteiger partial charge >= 0.3 is 6.09 Å². The monoisotopic (exact) mass is 520 g/mol. The zero-order valence-corrected chi connectivity index (χ0v) is 23.0. The van der Waals surface area contributed by atoms with E-state index >= 15 is 0 Å². The molecule has 0 radical (unpaired) electrons. The highest BCUT2D eigenvalue weighted by Crippen LogP contribution is 2.43. The summed E-state index contributed by atoms with van der Waals surface area (Å²) in [5, 5.41) is 11.8. The molecule has 2 aromatic rings. The molecule has 3 aliphatic heterocycles. The molecule has 0 spiro atoms. The van der Waals surface area contributed by atoms with Gasteiger partial charge in [0, 0.05) is 49.3 Å². The lowest BCUT2D eigenvalue weighted by atomic mass is 9.98. The molecule has 2 unspecified atom stereocenters. The van der Waals surface area contributed by atoms with Gasteiger partial charge in [0.05, 0.1) is 17.4 Å². The number of ether oxygens (including phenoxy) is 1. The van der Waals surface area contributed by atoms with Gasteiger partial charge in [-0.25, -0.2) is 9.78 Å². The van der Waals surface area contributed by atoms with E-state index < -0.39 is 5.60 Å². The first-order valence-electron chi connectivity index (χ1n) is 14.1. The van der Waals surface area contributed by atoms with Gasteiger partial charge in [0.2, 0.25) is 5.95 Å². The molecule has 1 saturated carbocycles. The summed E-state index contributed by atoms with van der Waals surface area (Å²) in [5.74, 6) is 1.98. The van der Waals surface area contributed by atoms with Gasteiger partial charge in [0.15, 0.2) is 0 Å². The van der Waals surface area contributed by atoms with E-state index in [-0.39, 0.29) is 6.09 Å². The second-order valence-electron chi connectivity index (χ2n) is 11.9. The number of rotatable bonds is 9. The summed E-state index contributed by atoms with van der Waals surface area (Å²) in [6.07, 6.45) is 15.6. The van der Waals surface area contributed by atoms with Crippen LogP contribution in [-0.4, -0.2) is 73.5 Å². The highest BCUT2D eigenvalue weighted by Gasteiger charge is 2.39. The van der Waals surface area contributed by atoms with Crippen LogP contribution in [0.15, 0.2) is 24.7 Å². The standard InChI is InChI=1S/C28H40N8O2/c1-18-24(17-36(33-18)22-14-20-8-9-21(15-22)34(20)4)31-26-30-16-23(19-6-7-19)25(32-26)29-11-5-12-35-13-10-28(2,3)38-27(35)37/h10,13,16-17,19-22H,5-9,11-12,14-15H2,1-4H3,(H2,29,30,31,32). The summed E-state index contributed by atoms with van der Waals surface area (Å²) in [4.78, 5) is 25.9. The van der Waals surface area contributed by atoms with Gasteiger partial charge in [-0.1, -0.05) is 0 Å². The van der Waals surface area contributed by atoms with Crippen LogP contribution in [0.2, 0.25) is 0 Å². The first kappa shape index (κ1) is 25.2. The van der Waals surface area contributed by atoms with Gasteiger partial charge in [-0.15, -0.1) is 0 Å². The van der Waals surface area contributed by atoms with Crippen LogP contribution in [0, 0.1) is 6.92 Å². The van der Waals surface area contributed by atoms with E-state index in [9.17, 15) is 4.79 Å². The van der Waals surface area contributed by atoms with Crippen LogP contribution < -0.4 is 10.6 Å². The number of hydrogen-bond donors (Lipinski definition) is 2. The number of fused-ring (bicyclic) bond motifs is 2. The highest BCUT2D eigenvalue weighted by atomic mass is 16.6. The zero-order valence-electron chi connectivity index (χ0n) is 23.0. The second kappa shape index (κ2) is 9.87. The summed E-state index contributed by atoms with van der Waals surface area (Å²) in [5.41, 5.74) is 2.55. The van der Waals surface area contributed by atoms with Crippen LogP contribution in [-0.2, 0) is 4.74 Å². The fraction of sp³-hybridized carbons (Fsp3) is 0.643. The van der Waals surface area contributed by atoms with Crippen molar-refractivity contribution in [3.05, 3.63) is 35.9 Å². The minimum atomic E-state index is -0.545. The SMILES string of the molecule is Cc1nn(C2CC3CCC(C2)N3C)cc1Nc1ncc(C2CC2)c(NCCCN2C=CC(C)(C)OC2=O)n1. The molecule has 2 N–H and O–H groups in total. The van der Waals surface area contributed by atoms with Crippen molar-refractivity contribution in [3.63, 3.8) is 0 Å². The van der Waals surface area contributed by atoms with Gasteiger partial charge in [0.25, 0.3) is 0 Å². The predicted molar refractivity (Wildman–Crippen MR) is 147 cm³/mol. The van der Waals surface area contributed by atoms with Crippen LogP contribution >= 0.6 is 0 Å². The van der Waals surface area contributed by atoms with Gasteiger partial charge in [-0.3, -0.25) is 9.58 Å². The predicted octanol–water partition coefficient (Wildman–Crippen LogP) is 4.95. The minimum Gasteiger partial charge on any atom is -0.439 e. The van der Waals surface area contributed by atoms with Crippen LogP contribution in [0.5, 0.6) is 0 Å². The van der Waals surface area contributed by atoms with Crippen molar-refractivity contribution in [1.82, 2.24) is 29.5 Å². The Hall–Kier alpha value is -3.14. The van der Waals surface area contributed by atoms with Gasteiger partial charge in [-0.2, -0.15) is 10.1 Å². The molecule has 38 heavy (non-hydrogen) atoms. The molecule has 2 aromatic heterocycles. The van der Waals surface area contributed by atoms with Crippen LogP contribution in [0.1, 0.15) is 82.0 Å². The highest BCUT2D eigenvalue weighted by molar-refractivity contribution is 5.70. The van der Waals surface area contributed by atoms with Gasteiger partial charge in [-0.05, 0) is 84.8 Å². The fourth-order valence-electron chi connectivity index (χ4n) is 6.07. The number of carbonyl (C=O) groups excluding carboxylic acids is 1. The molecule has 10 nitrogen and oxygen atoms in total. The molecular weight excluding hydrogens is 480 g/mol. The first-order chi connectivity index (χ1) is 18.3. The first-order valence-corrected chi connectivity index (χ1v) is 14.1. The maximum absolute atomic E-state index is 12.2. The molecule has 1 aliphatic carbocycles. The van der Waals surface area contributed by atoms with Crippen LogP contribution in [0.4, 0.5) is 22.2 Å². The molecule has 1 amide bonds. The molecule has 3 fully saturated rings. The number of carbonyl (C=O) groups is 1. The van der Waals surface area contributed by atoms with Gasteiger partial charge < -0.3 is 20.3 Å². The molecule has 2 bridgehead atoms. The van der Waals surface area contributed by atoms with Crippen LogP contribution in [0.25, 0.3) is 0 Å². The smallest absolute Gasteiger partial charge is 0.414 e. The number of amides is 1.